The van der Waals surface area contributed by atoms with E-state index in [1.54, 1.807) is 19.0 Å². The Morgan fingerprint density at radius 3 is 2.59 bits per heavy atom. The van der Waals surface area contributed by atoms with Gasteiger partial charge in [0.25, 0.3) is 5.56 Å². The Hall–Kier alpha value is -1.92. The van der Waals surface area contributed by atoms with Gasteiger partial charge >= 0.3 is 0 Å². The number of fused-ring (bicyclic) bond motifs is 4. The van der Waals surface area contributed by atoms with E-state index < -0.39 is 0 Å². The number of aromatic nitrogens is 1. The Morgan fingerprint density at radius 1 is 1.16 bits per heavy atom. The third-order valence-corrected chi connectivity index (χ3v) is 8.48. The highest BCUT2D eigenvalue weighted by Crippen LogP contribution is 2.49. The summed E-state index contributed by atoms with van der Waals surface area (Å²) in [6.07, 6.45) is 11.7. The summed E-state index contributed by atoms with van der Waals surface area (Å²) >= 11 is 0. The SMILES string of the molecule is CN(C)C(=O)[C@@H]1[C@@H](CO)[C@@H]2Cn3c(ccc(C4=CCCC4)c3=O)[C@H]1N2CC1CCCCC1. The predicted octanol–water partition coefficient (Wildman–Crippen LogP) is 3.05. The van der Waals surface area contributed by atoms with Crippen molar-refractivity contribution in [1.82, 2.24) is 14.4 Å². The zero-order chi connectivity index (χ0) is 22.4. The van der Waals surface area contributed by atoms with Gasteiger partial charge in [-0.1, -0.05) is 25.3 Å². The molecule has 4 atom stereocenters. The van der Waals surface area contributed by atoms with Gasteiger partial charge in [-0.15, -0.1) is 0 Å². The molecule has 0 radical (unpaired) electrons. The molecule has 1 saturated heterocycles. The number of aliphatic hydroxyl groups excluding tert-OH is 1. The van der Waals surface area contributed by atoms with Crippen LogP contribution in [0.4, 0.5) is 0 Å². The maximum absolute atomic E-state index is 13.6. The first-order valence-corrected chi connectivity index (χ1v) is 12.5. The first-order valence-electron chi connectivity index (χ1n) is 12.5. The standard InChI is InChI=1S/C26H37N3O3/c1-27(2)26(32)23-20(16-30)22-15-29-21(13-12-19(25(29)31)18-10-6-7-11-18)24(23)28(22)14-17-8-4-3-5-9-17/h10,12-13,17,20,22-24,30H,3-9,11,14-16H2,1-2H3/t20-,22-,23+,24+/m0/s1. The van der Waals surface area contributed by atoms with E-state index in [2.05, 4.69) is 17.0 Å². The van der Waals surface area contributed by atoms with Gasteiger partial charge in [-0.3, -0.25) is 14.5 Å². The van der Waals surface area contributed by atoms with Crippen LogP contribution in [0.5, 0.6) is 0 Å². The third-order valence-electron chi connectivity index (χ3n) is 8.48. The first kappa shape index (κ1) is 21.9. The molecule has 2 bridgehead atoms. The molecule has 1 amide bonds. The van der Waals surface area contributed by atoms with Crippen LogP contribution in [0.3, 0.4) is 0 Å². The summed E-state index contributed by atoms with van der Waals surface area (Å²) in [5.74, 6) is 0.247. The van der Waals surface area contributed by atoms with Crippen molar-refractivity contribution in [2.45, 2.75) is 70.0 Å². The monoisotopic (exact) mass is 439 g/mol. The highest BCUT2D eigenvalue weighted by atomic mass is 16.3. The predicted molar refractivity (Wildman–Crippen MR) is 125 cm³/mol. The molecule has 6 heteroatoms. The number of pyridine rings is 1. The van der Waals surface area contributed by atoms with E-state index in [0.717, 1.165) is 37.1 Å². The number of nitrogens with zero attached hydrogens (tertiary/aromatic N) is 3. The second kappa shape index (κ2) is 8.79. The number of rotatable bonds is 5. The molecular formula is C26H37N3O3. The van der Waals surface area contributed by atoms with Gasteiger partial charge < -0.3 is 14.6 Å². The van der Waals surface area contributed by atoms with E-state index in [1.807, 2.05) is 10.6 Å². The Balaban J connectivity index is 1.58. The maximum Gasteiger partial charge on any atom is 0.258 e. The minimum absolute atomic E-state index is 0.0205. The number of hydrogen-bond acceptors (Lipinski definition) is 4. The van der Waals surface area contributed by atoms with Gasteiger partial charge in [0.2, 0.25) is 5.91 Å². The summed E-state index contributed by atoms with van der Waals surface area (Å²) in [6, 6.07) is 3.98. The Bertz CT molecular complexity index is 960. The average Bonchev–Trinajstić information content (AvgIpc) is 3.39. The van der Waals surface area contributed by atoms with Crippen molar-refractivity contribution >= 4 is 11.5 Å². The number of allylic oxidation sites excluding steroid dienone is 2. The van der Waals surface area contributed by atoms with E-state index in [9.17, 15) is 14.7 Å². The Kier molecular flexibility index (Phi) is 6.01. The number of aliphatic hydroxyl groups is 1. The van der Waals surface area contributed by atoms with E-state index >= 15 is 0 Å². The molecule has 2 aliphatic heterocycles. The van der Waals surface area contributed by atoms with E-state index in [-0.39, 0.29) is 42.0 Å². The highest BCUT2D eigenvalue weighted by molar-refractivity contribution is 5.80. The van der Waals surface area contributed by atoms with Crippen LogP contribution in [-0.2, 0) is 11.3 Å². The van der Waals surface area contributed by atoms with E-state index in [0.29, 0.717) is 12.5 Å². The van der Waals surface area contributed by atoms with Gasteiger partial charge in [0.15, 0.2) is 0 Å². The van der Waals surface area contributed by atoms with Crippen LogP contribution in [0, 0.1) is 17.8 Å². The number of carbonyl (C=O) groups is 1. The lowest BCUT2D eigenvalue weighted by atomic mass is 9.86. The second-order valence-electron chi connectivity index (χ2n) is 10.5. The van der Waals surface area contributed by atoms with Gasteiger partial charge in [0.1, 0.15) is 0 Å². The van der Waals surface area contributed by atoms with Crippen molar-refractivity contribution in [2.75, 3.05) is 27.2 Å². The van der Waals surface area contributed by atoms with Gasteiger partial charge in [-0.25, -0.2) is 0 Å². The minimum atomic E-state index is -0.312. The minimum Gasteiger partial charge on any atom is -0.396 e. The lowest BCUT2D eigenvalue weighted by Gasteiger charge is -2.41. The van der Waals surface area contributed by atoms with E-state index in [1.165, 1.54) is 37.7 Å². The second-order valence-corrected chi connectivity index (χ2v) is 10.5. The normalized spacial score (nSPS) is 30.3. The molecule has 1 saturated carbocycles. The van der Waals surface area contributed by atoms with E-state index in [4.69, 9.17) is 0 Å². The molecule has 2 fully saturated rings. The summed E-state index contributed by atoms with van der Waals surface area (Å²) in [7, 11) is 3.60. The fourth-order valence-electron chi connectivity index (χ4n) is 6.88. The Labute approximate surface area is 190 Å². The smallest absolute Gasteiger partial charge is 0.258 e. The first-order chi connectivity index (χ1) is 15.5. The van der Waals surface area contributed by atoms with Crippen LogP contribution >= 0.6 is 0 Å². The lowest BCUT2D eigenvalue weighted by molar-refractivity contribution is -0.135. The van der Waals surface area contributed by atoms with Crippen molar-refractivity contribution in [3.8, 4) is 0 Å². The number of amides is 1. The molecule has 1 aromatic rings. The molecule has 2 aliphatic carbocycles. The molecule has 0 unspecified atom stereocenters. The van der Waals surface area contributed by atoms with Crippen LogP contribution < -0.4 is 5.56 Å². The molecule has 0 aromatic carbocycles. The van der Waals surface area contributed by atoms with Gasteiger partial charge in [0.05, 0.1) is 12.0 Å². The molecule has 32 heavy (non-hydrogen) atoms. The number of hydrogen-bond donors (Lipinski definition) is 1. The Morgan fingerprint density at radius 2 is 1.94 bits per heavy atom. The van der Waals surface area contributed by atoms with Crippen molar-refractivity contribution in [3.63, 3.8) is 0 Å². The van der Waals surface area contributed by atoms with Crippen LogP contribution in [0.1, 0.15) is 68.7 Å². The quantitative estimate of drug-likeness (QED) is 0.766. The molecule has 5 rings (SSSR count). The highest BCUT2D eigenvalue weighted by Gasteiger charge is 2.56. The molecule has 1 aromatic heterocycles. The molecule has 4 aliphatic rings. The average molecular weight is 440 g/mol. The molecule has 3 heterocycles. The van der Waals surface area contributed by atoms with Crippen LogP contribution in [-0.4, -0.2) is 58.7 Å². The molecular weight excluding hydrogens is 402 g/mol. The van der Waals surface area contributed by atoms with Crippen molar-refractivity contribution in [2.24, 2.45) is 17.8 Å². The molecule has 1 N–H and O–H groups in total. The fourth-order valence-corrected chi connectivity index (χ4v) is 6.88. The summed E-state index contributed by atoms with van der Waals surface area (Å²) < 4.78 is 1.94. The van der Waals surface area contributed by atoms with Crippen molar-refractivity contribution in [3.05, 3.63) is 39.8 Å². The van der Waals surface area contributed by atoms with Gasteiger partial charge in [0, 0.05) is 57.0 Å². The number of carbonyl (C=O) groups excluding carboxylic acids is 1. The summed E-state index contributed by atoms with van der Waals surface area (Å²) in [4.78, 5) is 31.1. The molecule has 6 nitrogen and oxygen atoms in total. The van der Waals surface area contributed by atoms with Crippen molar-refractivity contribution in [1.29, 1.82) is 0 Å². The summed E-state index contributed by atoms with van der Waals surface area (Å²) in [6.45, 7) is 1.51. The zero-order valence-electron chi connectivity index (χ0n) is 19.5. The largest absolute Gasteiger partial charge is 0.396 e. The van der Waals surface area contributed by atoms with Crippen molar-refractivity contribution < 1.29 is 9.90 Å². The molecule has 0 spiro atoms. The van der Waals surface area contributed by atoms with Gasteiger partial charge in [-0.05, 0) is 55.7 Å². The van der Waals surface area contributed by atoms with Crippen LogP contribution in [0.2, 0.25) is 0 Å². The topological polar surface area (TPSA) is 65.8 Å². The lowest BCUT2D eigenvalue weighted by Crippen LogP contribution is -2.48. The van der Waals surface area contributed by atoms with Crippen LogP contribution in [0.25, 0.3) is 5.57 Å². The third kappa shape index (κ3) is 3.56. The zero-order valence-corrected chi connectivity index (χ0v) is 19.5. The summed E-state index contributed by atoms with van der Waals surface area (Å²) in [5.41, 5.74) is 3.03. The fraction of sp³-hybridized carbons (Fsp3) is 0.692. The summed E-state index contributed by atoms with van der Waals surface area (Å²) in [5, 5.41) is 10.4. The van der Waals surface area contributed by atoms with Gasteiger partial charge in [-0.2, -0.15) is 0 Å². The molecule has 174 valence electrons. The van der Waals surface area contributed by atoms with Crippen LogP contribution in [0.15, 0.2) is 23.0 Å². The maximum atomic E-state index is 13.6.